The van der Waals surface area contributed by atoms with Gasteiger partial charge in [-0.05, 0) is 0 Å². The first-order valence-electron chi connectivity index (χ1n) is 1.96. The molecular formula is C3H6Cl3OP. The molecule has 50 valence electrons. The molecule has 0 amide bonds. The van der Waals surface area contributed by atoms with Crippen LogP contribution in [0.3, 0.4) is 0 Å². The van der Waals surface area contributed by atoms with Gasteiger partial charge in [-0.3, -0.25) is 0 Å². The fourth-order valence-electron chi connectivity index (χ4n) is 0.247. The van der Waals surface area contributed by atoms with Crippen LogP contribution < -0.4 is 0 Å². The predicted molar refractivity (Wildman–Crippen MR) is 39.7 cm³/mol. The Hall–Kier alpha value is 1.10. The van der Waals surface area contributed by atoms with E-state index in [2.05, 4.69) is 0 Å². The maximum Gasteiger partial charge on any atom is 0.169 e. The van der Waals surface area contributed by atoms with Crippen LogP contribution in [0.15, 0.2) is 0 Å². The summed E-state index contributed by atoms with van der Waals surface area (Å²) >= 11 is 15.9. The number of alkyl halides is 2. The van der Waals surface area contributed by atoms with Gasteiger partial charge in [-0.25, -0.2) is 0 Å². The summed E-state index contributed by atoms with van der Waals surface area (Å²) in [6, 6.07) is 0. The maximum absolute atomic E-state index is 10.6. The normalized spacial score (nSPS) is 18.6. The molecule has 0 heterocycles. The highest BCUT2D eigenvalue weighted by atomic mass is 35.7. The van der Waals surface area contributed by atoms with Crippen molar-refractivity contribution in [1.82, 2.24) is 0 Å². The Labute approximate surface area is 63.5 Å². The van der Waals surface area contributed by atoms with Crippen molar-refractivity contribution in [3.8, 4) is 0 Å². The van der Waals surface area contributed by atoms with E-state index in [0.29, 0.717) is 0 Å². The number of halogens is 3. The zero-order valence-electron chi connectivity index (χ0n) is 4.27. The van der Waals surface area contributed by atoms with Gasteiger partial charge in [0.25, 0.3) is 0 Å². The van der Waals surface area contributed by atoms with Crippen LogP contribution >= 0.6 is 40.9 Å². The molecule has 0 saturated carbocycles. The monoisotopic (exact) mass is 194 g/mol. The summed E-state index contributed by atoms with van der Waals surface area (Å²) in [6.45, 7) is -1.08. The zero-order valence-corrected chi connectivity index (χ0v) is 7.44. The minimum Gasteiger partial charge on any atom is -0.307 e. The van der Waals surface area contributed by atoms with Crippen molar-refractivity contribution >= 4 is 40.9 Å². The second kappa shape index (κ2) is 3.31. The first kappa shape index (κ1) is 9.10. The van der Waals surface area contributed by atoms with E-state index in [9.17, 15) is 4.57 Å². The number of hydrogen-bond donors (Lipinski definition) is 0. The average molecular weight is 195 g/mol. The molecular weight excluding hydrogens is 189 g/mol. The Balaban J connectivity index is 3.56. The van der Waals surface area contributed by atoms with Crippen molar-refractivity contribution in [3.63, 3.8) is 0 Å². The summed E-state index contributed by atoms with van der Waals surface area (Å²) in [5, 5.41) is 0. The lowest BCUT2D eigenvalue weighted by Crippen LogP contribution is -1.91. The first-order chi connectivity index (χ1) is 3.42. The topological polar surface area (TPSA) is 17.1 Å². The van der Waals surface area contributed by atoms with E-state index in [-0.39, 0.29) is 6.16 Å². The number of rotatable bonds is 2. The molecule has 1 nitrogen and oxygen atoms in total. The third-order valence-electron chi connectivity index (χ3n) is 0.464. The highest BCUT2D eigenvalue weighted by Gasteiger charge is 2.14. The molecule has 8 heavy (non-hydrogen) atoms. The van der Waals surface area contributed by atoms with E-state index >= 15 is 0 Å². The van der Waals surface area contributed by atoms with Crippen molar-refractivity contribution in [1.29, 1.82) is 0 Å². The second-order valence-corrected chi connectivity index (χ2v) is 7.32. The van der Waals surface area contributed by atoms with Crippen LogP contribution in [0.2, 0.25) is 0 Å². The van der Waals surface area contributed by atoms with Crippen molar-refractivity contribution in [2.24, 2.45) is 0 Å². The molecule has 5 heteroatoms. The van der Waals surface area contributed by atoms with Gasteiger partial charge in [-0.1, -0.05) is 11.2 Å². The Bertz CT molecular complexity index is 107. The van der Waals surface area contributed by atoms with Crippen LogP contribution in [0.1, 0.15) is 0 Å². The standard InChI is InChI=1S/C3H6Cl3OP/c1-8(6,7)2-3(4)5/h3H,2H2,1H3. The average Bonchev–Trinajstić information content (AvgIpc) is 1.21. The molecule has 0 aromatic rings. The fourth-order valence-corrected chi connectivity index (χ4v) is 3.16. The highest BCUT2D eigenvalue weighted by molar-refractivity contribution is 7.88. The van der Waals surface area contributed by atoms with Gasteiger partial charge < -0.3 is 4.57 Å². The van der Waals surface area contributed by atoms with Crippen LogP contribution in [0.5, 0.6) is 0 Å². The molecule has 0 N–H and O–H groups in total. The molecule has 1 unspecified atom stereocenters. The summed E-state index contributed by atoms with van der Waals surface area (Å²) in [6.07, 6.45) is 0.178. The van der Waals surface area contributed by atoms with Crippen LogP contribution in [-0.4, -0.2) is 17.7 Å². The van der Waals surface area contributed by atoms with Gasteiger partial charge in [-0.15, -0.1) is 23.2 Å². The summed E-state index contributed by atoms with van der Waals surface area (Å²) in [7, 11) is 0. The van der Waals surface area contributed by atoms with Gasteiger partial charge in [0.2, 0.25) is 0 Å². The van der Waals surface area contributed by atoms with Gasteiger partial charge in [-0.2, -0.15) is 0 Å². The highest BCUT2D eigenvalue weighted by Crippen LogP contribution is 2.48. The van der Waals surface area contributed by atoms with Crippen LogP contribution in [-0.2, 0) is 4.57 Å². The first-order valence-corrected chi connectivity index (χ1v) is 6.08. The molecule has 0 saturated heterocycles. The molecule has 0 fully saturated rings. The summed E-state index contributed by atoms with van der Waals surface area (Å²) in [5.41, 5.74) is 0. The quantitative estimate of drug-likeness (QED) is 0.489. The Morgan fingerprint density at radius 1 is 1.62 bits per heavy atom. The predicted octanol–water partition coefficient (Wildman–Crippen LogP) is 2.94. The Morgan fingerprint density at radius 2 is 2.00 bits per heavy atom. The van der Waals surface area contributed by atoms with Gasteiger partial charge in [0.1, 0.15) is 4.84 Å². The molecule has 0 aliphatic carbocycles. The number of hydrogen-bond acceptors (Lipinski definition) is 1. The Morgan fingerprint density at radius 3 is 2.00 bits per heavy atom. The smallest absolute Gasteiger partial charge is 0.169 e. The molecule has 0 radical (unpaired) electrons. The summed E-state index contributed by atoms with van der Waals surface area (Å²) in [4.78, 5) is -0.608. The van der Waals surface area contributed by atoms with Crippen LogP contribution in [0, 0.1) is 0 Å². The summed E-state index contributed by atoms with van der Waals surface area (Å²) < 4.78 is 10.6. The van der Waals surface area contributed by atoms with Gasteiger partial charge in [0, 0.05) is 12.8 Å². The molecule has 0 aromatic carbocycles. The minimum atomic E-state index is -2.51. The molecule has 1 atom stereocenters. The van der Waals surface area contributed by atoms with Crippen molar-refractivity contribution < 1.29 is 4.57 Å². The van der Waals surface area contributed by atoms with E-state index in [1.165, 1.54) is 6.66 Å². The van der Waals surface area contributed by atoms with Crippen LogP contribution in [0.25, 0.3) is 0 Å². The van der Waals surface area contributed by atoms with E-state index in [4.69, 9.17) is 34.4 Å². The second-order valence-electron chi connectivity index (χ2n) is 1.56. The third kappa shape index (κ3) is 7.10. The molecule has 0 rings (SSSR count). The van der Waals surface area contributed by atoms with Crippen LogP contribution in [0.4, 0.5) is 0 Å². The lowest BCUT2D eigenvalue weighted by Gasteiger charge is -2.01. The van der Waals surface area contributed by atoms with E-state index in [1.54, 1.807) is 0 Å². The third-order valence-corrected chi connectivity index (χ3v) is 2.63. The zero-order chi connectivity index (χ0) is 6.78. The lowest BCUT2D eigenvalue weighted by atomic mass is 10.9. The largest absolute Gasteiger partial charge is 0.307 e. The molecule has 0 aromatic heterocycles. The minimum absolute atomic E-state index is 0.178. The Kier molecular flexibility index (Phi) is 3.77. The molecule has 0 aliphatic rings. The fraction of sp³-hybridized carbons (Fsp3) is 1.00. The van der Waals surface area contributed by atoms with Gasteiger partial charge in [0.15, 0.2) is 6.49 Å². The molecule has 0 bridgehead atoms. The van der Waals surface area contributed by atoms with Gasteiger partial charge >= 0.3 is 0 Å². The van der Waals surface area contributed by atoms with Crippen molar-refractivity contribution in [2.45, 2.75) is 4.84 Å². The van der Waals surface area contributed by atoms with E-state index in [1.807, 2.05) is 0 Å². The maximum atomic E-state index is 10.6. The lowest BCUT2D eigenvalue weighted by molar-refractivity contribution is 0.588. The van der Waals surface area contributed by atoms with E-state index in [0.717, 1.165) is 0 Å². The SMILES string of the molecule is CP(=O)(Cl)CC(Cl)Cl. The van der Waals surface area contributed by atoms with Gasteiger partial charge in [0.05, 0.1) is 0 Å². The van der Waals surface area contributed by atoms with E-state index < -0.39 is 11.3 Å². The van der Waals surface area contributed by atoms with Crippen molar-refractivity contribution in [3.05, 3.63) is 0 Å². The molecule has 0 spiro atoms. The molecule has 0 aliphatic heterocycles. The van der Waals surface area contributed by atoms with Crippen molar-refractivity contribution in [2.75, 3.05) is 12.8 Å². The summed E-state index contributed by atoms with van der Waals surface area (Å²) in [5.74, 6) is 0.